The zero-order valence-electron chi connectivity index (χ0n) is 16.9. The molecule has 1 aromatic heterocycles. The van der Waals surface area contributed by atoms with E-state index in [9.17, 15) is 4.79 Å². The molecule has 7 heteroatoms. The number of amides is 1. The van der Waals surface area contributed by atoms with Gasteiger partial charge in [-0.2, -0.15) is 0 Å². The van der Waals surface area contributed by atoms with E-state index in [1.165, 1.54) is 0 Å². The average molecular weight is 393 g/mol. The van der Waals surface area contributed by atoms with Gasteiger partial charge in [-0.1, -0.05) is 30.3 Å². The van der Waals surface area contributed by atoms with Crippen LogP contribution in [0.3, 0.4) is 0 Å². The van der Waals surface area contributed by atoms with Gasteiger partial charge < -0.3 is 19.6 Å². The van der Waals surface area contributed by atoms with Crippen molar-refractivity contribution in [3.05, 3.63) is 54.1 Å². The van der Waals surface area contributed by atoms with Crippen molar-refractivity contribution in [3.63, 3.8) is 0 Å². The summed E-state index contributed by atoms with van der Waals surface area (Å²) in [5, 5.41) is 8.89. The molecule has 0 radical (unpaired) electrons. The second-order valence-corrected chi connectivity index (χ2v) is 7.60. The fraction of sp³-hybridized carbons (Fsp3) is 0.409. The lowest BCUT2D eigenvalue weighted by Gasteiger charge is -2.35. The van der Waals surface area contributed by atoms with E-state index in [-0.39, 0.29) is 5.91 Å². The highest BCUT2D eigenvalue weighted by molar-refractivity contribution is 5.91. The molecule has 2 aromatic rings. The predicted molar refractivity (Wildman–Crippen MR) is 116 cm³/mol. The second-order valence-electron chi connectivity index (χ2n) is 7.60. The van der Waals surface area contributed by atoms with E-state index in [4.69, 9.17) is 0 Å². The van der Waals surface area contributed by atoms with Crippen molar-refractivity contribution in [1.82, 2.24) is 20.0 Å². The number of hydrogen-bond donors (Lipinski definition) is 0. The van der Waals surface area contributed by atoms with Gasteiger partial charge in [0.2, 0.25) is 5.91 Å². The fourth-order valence-corrected chi connectivity index (χ4v) is 3.68. The van der Waals surface area contributed by atoms with Crippen LogP contribution in [0.2, 0.25) is 0 Å². The lowest BCUT2D eigenvalue weighted by atomic mass is 10.2. The Kier molecular flexibility index (Phi) is 6.05. The van der Waals surface area contributed by atoms with Crippen LogP contribution in [-0.2, 0) is 4.79 Å². The van der Waals surface area contributed by atoms with Gasteiger partial charge >= 0.3 is 0 Å². The molecule has 152 valence electrons. The lowest BCUT2D eigenvalue weighted by molar-refractivity contribution is -0.126. The summed E-state index contributed by atoms with van der Waals surface area (Å²) in [5.74, 6) is 1.89. The van der Waals surface area contributed by atoms with Crippen molar-refractivity contribution in [2.45, 2.75) is 0 Å². The van der Waals surface area contributed by atoms with Crippen molar-refractivity contribution in [3.8, 4) is 0 Å². The number of nitrogens with zero attached hydrogens (tertiary/aromatic N) is 6. The third kappa shape index (κ3) is 4.92. The number of carbonyl (C=O) groups excluding carboxylic acids is 1. The minimum absolute atomic E-state index is 0.0602. The number of aromatic nitrogens is 2. The predicted octanol–water partition coefficient (Wildman–Crippen LogP) is 1.59. The Morgan fingerprint density at radius 2 is 1.34 bits per heavy atom. The summed E-state index contributed by atoms with van der Waals surface area (Å²) >= 11 is 0. The van der Waals surface area contributed by atoms with Crippen LogP contribution in [0.5, 0.6) is 0 Å². The quantitative estimate of drug-likeness (QED) is 0.737. The number of rotatable bonds is 4. The first-order valence-electron chi connectivity index (χ1n) is 10.2. The summed E-state index contributed by atoms with van der Waals surface area (Å²) in [5.41, 5.74) is 1.04. The topological polar surface area (TPSA) is 55.8 Å². The van der Waals surface area contributed by atoms with Gasteiger partial charge in [-0.3, -0.25) is 4.79 Å². The molecular weight excluding hydrogens is 364 g/mol. The summed E-state index contributed by atoms with van der Waals surface area (Å²) in [7, 11) is 2.15. The van der Waals surface area contributed by atoms with Gasteiger partial charge in [0.15, 0.2) is 11.6 Å². The summed E-state index contributed by atoms with van der Waals surface area (Å²) in [4.78, 5) is 21.1. The Morgan fingerprint density at radius 3 is 1.90 bits per heavy atom. The van der Waals surface area contributed by atoms with Crippen LogP contribution in [0, 0.1) is 0 Å². The fourth-order valence-electron chi connectivity index (χ4n) is 3.68. The molecule has 29 heavy (non-hydrogen) atoms. The van der Waals surface area contributed by atoms with Gasteiger partial charge in [0, 0.05) is 58.4 Å². The summed E-state index contributed by atoms with van der Waals surface area (Å²) in [6.07, 6.45) is 3.53. The first kappa shape index (κ1) is 19.4. The Morgan fingerprint density at radius 1 is 0.793 bits per heavy atom. The summed E-state index contributed by atoms with van der Waals surface area (Å²) < 4.78 is 0. The average Bonchev–Trinajstić information content (AvgIpc) is 2.79. The van der Waals surface area contributed by atoms with Crippen LogP contribution in [0.15, 0.2) is 48.5 Å². The van der Waals surface area contributed by atoms with Gasteiger partial charge in [0.05, 0.1) is 0 Å². The molecule has 0 unspecified atom stereocenters. The molecule has 1 amide bonds. The minimum Gasteiger partial charge on any atom is -0.353 e. The first-order chi connectivity index (χ1) is 14.2. The molecule has 4 rings (SSSR count). The number of hydrogen-bond acceptors (Lipinski definition) is 6. The van der Waals surface area contributed by atoms with Crippen LogP contribution < -0.4 is 9.80 Å². The van der Waals surface area contributed by atoms with E-state index >= 15 is 0 Å². The third-order valence-electron chi connectivity index (χ3n) is 5.60. The Bertz CT molecular complexity index is 822. The first-order valence-corrected chi connectivity index (χ1v) is 10.2. The molecule has 7 nitrogen and oxygen atoms in total. The van der Waals surface area contributed by atoms with Gasteiger partial charge in [0.25, 0.3) is 0 Å². The van der Waals surface area contributed by atoms with Crippen molar-refractivity contribution in [1.29, 1.82) is 0 Å². The van der Waals surface area contributed by atoms with Crippen LogP contribution >= 0.6 is 0 Å². The SMILES string of the molecule is CN1CCN(c2ccc(N3CCN(C(=O)/C=C/c4ccccc4)CC3)nn2)CC1. The minimum atomic E-state index is 0.0602. The molecule has 0 aliphatic carbocycles. The van der Waals surface area contributed by atoms with Crippen LogP contribution in [0.25, 0.3) is 6.08 Å². The molecule has 0 bridgehead atoms. The van der Waals surface area contributed by atoms with E-state index in [0.29, 0.717) is 13.1 Å². The molecule has 0 N–H and O–H groups in total. The van der Waals surface area contributed by atoms with E-state index in [1.54, 1.807) is 6.08 Å². The molecule has 1 aromatic carbocycles. The number of carbonyl (C=O) groups is 1. The Labute approximate surface area is 172 Å². The Hall–Kier alpha value is -2.93. The number of piperazine rings is 2. The Balaban J connectivity index is 1.29. The molecule has 0 atom stereocenters. The molecule has 3 heterocycles. The maximum absolute atomic E-state index is 12.4. The van der Waals surface area contributed by atoms with Crippen LogP contribution in [0.1, 0.15) is 5.56 Å². The molecule has 2 aliphatic rings. The second kappa shape index (κ2) is 9.05. The zero-order valence-corrected chi connectivity index (χ0v) is 16.9. The van der Waals surface area contributed by atoms with Gasteiger partial charge in [-0.15, -0.1) is 10.2 Å². The van der Waals surface area contributed by atoms with Crippen molar-refractivity contribution in [2.75, 3.05) is 69.2 Å². The smallest absolute Gasteiger partial charge is 0.246 e. The molecule has 2 fully saturated rings. The molecular formula is C22H28N6O. The highest BCUT2D eigenvalue weighted by Gasteiger charge is 2.21. The molecule has 0 spiro atoms. The number of benzene rings is 1. The van der Waals surface area contributed by atoms with Crippen molar-refractivity contribution < 1.29 is 4.79 Å². The van der Waals surface area contributed by atoms with Gasteiger partial charge in [-0.25, -0.2) is 0 Å². The number of likely N-dealkylation sites (N-methyl/N-ethyl adjacent to an activating group) is 1. The zero-order chi connectivity index (χ0) is 20.1. The van der Waals surface area contributed by atoms with Crippen LogP contribution in [-0.4, -0.2) is 85.3 Å². The summed E-state index contributed by atoms with van der Waals surface area (Å²) in [6, 6.07) is 14.0. The largest absolute Gasteiger partial charge is 0.353 e. The standard InChI is InChI=1S/C22H28N6O/c1-25-11-13-26(14-12-25)20-8-9-21(24-23-20)27-15-17-28(18-16-27)22(29)10-7-19-5-3-2-4-6-19/h2-10H,11-18H2,1H3/b10-7+. The van der Waals surface area contributed by atoms with E-state index in [2.05, 4.69) is 38.0 Å². The molecule has 2 saturated heterocycles. The maximum atomic E-state index is 12.4. The van der Waals surface area contributed by atoms with E-state index in [0.717, 1.165) is 56.5 Å². The third-order valence-corrected chi connectivity index (χ3v) is 5.60. The van der Waals surface area contributed by atoms with Crippen molar-refractivity contribution in [2.24, 2.45) is 0 Å². The van der Waals surface area contributed by atoms with Gasteiger partial charge in [-0.05, 0) is 30.8 Å². The van der Waals surface area contributed by atoms with E-state index < -0.39 is 0 Å². The summed E-state index contributed by atoms with van der Waals surface area (Å²) in [6.45, 7) is 7.01. The normalized spacial score (nSPS) is 18.4. The monoisotopic (exact) mass is 392 g/mol. The van der Waals surface area contributed by atoms with Crippen molar-refractivity contribution >= 4 is 23.6 Å². The van der Waals surface area contributed by atoms with Gasteiger partial charge in [0.1, 0.15) is 0 Å². The molecule has 2 aliphatic heterocycles. The van der Waals surface area contributed by atoms with E-state index in [1.807, 2.05) is 47.4 Å². The lowest BCUT2D eigenvalue weighted by Crippen LogP contribution is -2.48. The highest BCUT2D eigenvalue weighted by atomic mass is 16.2. The maximum Gasteiger partial charge on any atom is 0.246 e. The molecule has 0 saturated carbocycles. The highest BCUT2D eigenvalue weighted by Crippen LogP contribution is 2.18. The number of anilines is 2. The van der Waals surface area contributed by atoms with Crippen LogP contribution in [0.4, 0.5) is 11.6 Å².